The second kappa shape index (κ2) is 8.38. The van der Waals surface area contributed by atoms with Crippen molar-refractivity contribution in [3.8, 4) is 0 Å². The fraction of sp³-hybridized carbons (Fsp3) is 0.556. The third-order valence-electron chi connectivity index (χ3n) is 4.44. The molecular formula is C18H24N4O5S. The highest BCUT2D eigenvalue weighted by Gasteiger charge is 2.48. The van der Waals surface area contributed by atoms with E-state index in [1.807, 2.05) is 21.0 Å². The molecule has 0 bridgehead atoms. The molecule has 2 aromatic heterocycles. The lowest BCUT2D eigenvalue weighted by Crippen LogP contribution is -2.35. The zero-order chi connectivity index (χ0) is 20.4. The maximum atomic E-state index is 12.4. The lowest BCUT2D eigenvalue weighted by molar-refractivity contribution is -0.153. The van der Waals surface area contributed by atoms with Crippen LogP contribution < -0.4 is 5.56 Å². The number of aromatic amines is 1. The molecule has 1 aliphatic rings. The number of aromatic nitrogens is 2. The van der Waals surface area contributed by atoms with Gasteiger partial charge in [-0.3, -0.25) is 14.6 Å². The van der Waals surface area contributed by atoms with Crippen LogP contribution in [0.3, 0.4) is 0 Å². The Labute approximate surface area is 166 Å². The maximum absolute atomic E-state index is 12.4. The Hall–Kier alpha value is -2.30. The van der Waals surface area contributed by atoms with Crippen molar-refractivity contribution in [1.29, 1.82) is 0 Å². The zero-order valence-electron chi connectivity index (χ0n) is 16.5. The minimum Gasteiger partial charge on any atom is -0.456 e. The van der Waals surface area contributed by atoms with Crippen LogP contribution in [0.2, 0.25) is 0 Å². The third kappa shape index (κ3) is 3.94. The van der Waals surface area contributed by atoms with Crippen LogP contribution in [0.4, 0.5) is 5.95 Å². The molecular weight excluding hydrogens is 384 g/mol. The molecule has 28 heavy (non-hydrogen) atoms. The molecule has 2 aromatic rings. The summed E-state index contributed by atoms with van der Waals surface area (Å²) in [5.41, 5.74) is 0.212. The molecule has 0 unspecified atom stereocenters. The topological polar surface area (TPSA) is 106 Å². The van der Waals surface area contributed by atoms with Gasteiger partial charge in [-0.15, -0.1) is 11.3 Å². The van der Waals surface area contributed by atoms with Gasteiger partial charge in [0.15, 0.2) is 6.10 Å². The van der Waals surface area contributed by atoms with Crippen LogP contribution in [0.25, 0.3) is 10.9 Å². The number of methoxy groups -OCH3 is 1. The molecule has 0 spiro atoms. The molecule has 152 valence electrons. The van der Waals surface area contributed by atoms with E-state index in [4.69, 9.17) is 14.2 Å². The molecule has 3 rings (SSSR count). The van der Waals surface area contributed by atoms with Gasteiger partial charge in [-0.05, 0) is 6.42 Å². The lowest BCUT2D eigenvalue weighted by Gasteiger charge is -2.22. The predicted octanol–water partition coefficient (Wildman–Crippen LogP) is 2.00. The van der Waals surface area contributed by atoms with Crippen LogP contribution in [0, 0.1) is 0 Å². The summed E-state index contributed by atoms with van der Waals surface area (Å²) in [5.74, 6) is -0.219. The van der Waals surface area contributed by atoms with Gasteiger partial charge in [-0.25, -0.2) is 9.98 Å². The van der Waals surface area contributed by atoms with Crippen LogP contribution in [-0.2, 0) is 19.0 Å². The van der Waals surface area contributed by atoms with Gasteiger partial charge in [-0.2, -0.15) is 0 Å². The van der Waals surface area contributed by atoms with Crippen molar-refractivity contribution in [2.75, 3.05) is 21.2 Å². The molecule has 3 heterocycles. The molecule has 10 heteroatoms. The first-order chi connectivity index (χ1) is 13.3. The van der Waals surface area contributed by atoms with E-state index in [0.717, 1.165) is 0 Å². The molecule has 4 atom stereocenters. The number of carbonyl (C=O) groups is 1. The number of nitrogens with one attached hydrogen (secondary N) is 1. The fourth-order valence-electron chi connectivity index (χ4n) is 3.25. The Kier molecular flexibility index (Phi) is 6.11. The zero-order valence-corrected chi connectivity index (χ0v) is 17.3. The second-order valence-corrected chi connectivity index (χ2v) is 7.65. The van der Waals surface area contributed by atoms with Gasteiger partial charge in [0.05, 0.1) is 28.2 Å². The standard InChI is InChI=1S/C18H24N4O5S/c1-6-11-13(25-5)14(26-9(2)23)15(27-11)16-12-10(7-28-16)17(24)21-18(20-12)19-8-22(3)4/h7-8,11,13-15H,6H2,1-5H3,(H,20,21,24)/t11-,13-,14-,15-/m1/s1. The summed E-state index contributed by atoms with van der Waals surface area (Å²) in [7, 11) is 5.21. The fourth-order valence-corrected chi connectivity index (χ4v) is 4.31. The minimum atomic E-state index is -0.621. The van der Waals surface area contributed by atoms with E-state index in [9.17, 15) is 9.59 Å². The molecule has 1 fully saturated rings. The number of ether oxygens (including phenoxy) is 3. The van der Waals surface area contributed by atoms with Crippen molar-refractivity contribution >= 4 is 40.5 Å². The van der Waals surface area contributed by atoms with E-state index in [0.29, 0.717) is 22.2 Å². The highest BCUT2D eigenvalue weighted by molar-refractivity contribution is 7.11. The smallest absolute Gasteiger partial charge is 0.303 e. The first-order valence-electron chi connectivity index (χ1n) is 8.93. The normalized spacial score (nSPS) is 24.9. The molecule has 0 aliphatic carbocycles. The minimum absolute atomic E-state index is 0.197. The molecule has 0 amide bonds. The summed E-state index contributed by atoms with van der Waals surface area (Å²) < 4.78 is 17.3. The number of nitrogens with zero attached hydrogens (tertiary/aromatic N) is 3. The summed E-state index contributed by atoms with van der Waals surface area (Å²) in [6.07, 6.45) is 0.430. The molecule has 9 nitrogen and oxygen atoms in total. The summed E-state index contributed by atoms with van der Waals surface area (Å²) in [4.78, 5) is 37.9. The van der Waals surface area contributed by atoms with Crippen molar-refractivity contribution < 1.29 is 19.0 Å². The average Bonchev–Trinajstić information content (AvgIpc) is 3.20. The van der Waals surface area contributed by atoms with E-state index >= 15 is 0 Å². The number of thiophene rings is 1. The molecule has 0 aromatic carbocycles. The van der Waals surface area contributed by atoms with Gasteiger partial charge >= 0.3 is 5.97 Å². The van der Waals surface area contributed by atoms with Crippen molar-refractivity contribution in [2.45, 2.75) is 44.7 Å². The number of hydrogen-bond acceptors (Lipinski definition) is 8. The first kappa shape index (κ1) is 20.4. The Balaban J connectivity index is 2.08. The van der Waals surface area contributed by atoms with Gasteiger partial charge in [0.1, 0.15) is 12.2 Å². The molecule has 0 radical (unpaired) electrons. The third-order valence-corrected chi connectivity index (χ3v) is 5.47. The lowest BCUT2D eigenvalue weighted by atomic mass is 10.0. The van der Waals surface area contributed by atoms with Crippen molar-refractivity contribution in [2.24, 2.45) is 4.99 Å². The second-order valence-electron chi connectivity index (χ2n) is 6.74. The van der Waals surface area contributed by atoms with Crippen LogP contribution in [-0.4, -0.2) is 66.7 Å². The van der Waals surface area contributed by atoms with Crippen LogP contribution in [0.15, 0.2) is 15.2 Å². The van der Waals surface area contributed by atoms with E-state index in [-0.39, 0.29) is 17.6 Å². The summed E-state index contributed by atoms with van der Waals surface area (Å²) in [6, 6.07) is 0. The number of H-pyrrole nitrogens is 1. The van der Waals surface area contributed by atoms with Gasteiger partial charge in [0, 0.05) is 33.5 Å². The van der Waals surface area contributed by atoms with E-state index in [1.54, 1.807) is 23.7 Å². The predicted molar refractivity (Wildman–Crippen MR) is 106 cm³/mol. The van der Waals surface area contributed by atoms with E-state index in [2.05, 4.69) is 15.0 Å². The van der Waals surface area contributed by atoms with E-state index in [1.165, 1.54) is 18.3 Å². The molecule has 0 saturated carbocycles. The van der Waals surface area contributed by atoms with Crippen LogP contribution in [0.5, 0.6) is 0 Å². The number of fused-ring (bicyclic) bond motifs is 1. The van der Waals surface area contributed by atoms with Crippen molar-refractivity contribution in [1.82, 2.24) is 14.9 Å². The van der Waals surface area contributed by atoms with Gasteiger partial charge in [0.25, 0.3) is 5.56 Å². The first-order valence-corrected chi connectivity index (χ1v) is 9.81. The van der Waals surface area contributed by atoms with Gasteiger partial charge < -0.3 is 19.1 Å². The largest absolute Gasteiger partial charge is 0.456 e. The molecule has 1 saturated heterocycles. The van der Waals surface area contributed by atoms with Crippen molar-refractivity contribution in [3.05, 3.63) is 20.6 Å². The maximum Gasteiger partial charge on any atom is 0.303 e. The Morgan fingerprint density at radius 3 is 2.82 bits per heavy atom. The Morgan fingerprint density at radius 1 is 1.46 bits per heavy atom. The molecule has 1 N–H and O–H groups in total. The SMILES string of the molecule is CC[C@H]1O[C@@H](c2scc3c(=O)[nH]c(N=CN(C)C)nc23)[C@H](OC(C)=O)[C@@H]1OC. The average molecular weight is 408 g/mol. The van der Waals surface area contributed by atoms with Gasteiger partial charge in [-0.1, -0.05) is 6.92 Å². The quantitative estimate of drug-likeness (QED) is 0.443. The van der Waals surface area contributed by atoms with Crippen LogP contribution >= 0.6 is 11.3 Å². The monoisotopic (exact) mass is 408 g/mol. The Bertz CT molecular complexity index is 938. The highest BCUT2D eigenvalue weighted by atomic mass is 32.1. The highest BCUT2D eigenvalue weighted by Crippen LogP contribution is 2.42. The number of aliphatic imine (C=N–C) groups is 1. The summed E-state index contributed by atoms with van der Waals surface area (Å²) >= 11 is 1.35. The van der Waals surface area contributed by atoms with E-state index < -0.39 is 24.3 Å². The summed E-state index contributed by atoms with van der Waals surface area (Å²) in [6.45, 7) is 3.33. The number of carbonyl (C=O) groups excluding carboxylic acids is 1. The summed E-state index contributed by atoms with van der Waals surface area (Å²) in [5, 5.41) is 2.17. The van der Waals surface area contributed by atoms with Crippen molar-refractivity contribution in [3.63, 3.8) is 0 Å². The number of hydrogen-bond donors (Lipinski definition) is 1. The molecule has 1 aliphatic heterocycles. The van der Waals surface area contributed by atoms with Crippen LogP contribution in [0.1, 0.15) is 31.2 Å². The number of esters is 1. The number of rotatable bonds is 6. The van der Waals surface area contributed by atoms with Gasteiger partial charge in [0.2, 0.25) is 5.95 Å². The Morgan fingerprint density at radius 2 is 2.21 bits per heavy atom.